The number of carbonyl (C=O) groups is 3. The van der Waals surface area contributed by atoms with Crippen molar-refractivity contribution in [2.24, 2.45) is 10.8 Å². The Labute approximate surface area is 236 Å². The van der Waals surface area contributed by atoms with Gasteiger partial charge in [0.25, 0.3) is 5.91 Å². The lowest BCUT2D eigenvalue weighted by molar-refractivity contribution is -0.119. The van der Waals surface area contributed by atoms with E-state index in [1.165, 1.54) is 12.1 Å². The van der Waals surface area contributed by atoms with Crippen LogP contribution in [0.15, 0.2) is 69.5 Å². The van der Waals surface area contributed by atoms with Gasteiger partial charge in [0.15, 0.2) is 18.2 Å². The van der Waals surface area contributed by atoms with Gasteiger partial charge < -0.3 is 15.4 Å². The summed E-state index contributed by atoms with van der Waals surface area (Å²) in [6.07, 6.45) is 2.31. The number of halogens is 2. The molecular weight excluding hydrogens is 563 g/mol. The van der Waals surface area contributed by atoms with Crippen LogP contribution in [0.5, 0.6) is 5.75 Å². The molecule has 0 unspecified atom stereocenters. The average molecular weight is 596 g/mol. The minimum Gasteiger partial charge on any atom is -0.483 e. The molecule has 3 aliphatic rings. The van der Waals surface area contributed by atoms with Gasteiger partial charge in [-0.2, -0.15) is 0 Å². The van der Waals surface area contributed by atoms with E-state index >= 15 is 0 Å². The van der Waals surface area contributed by atoms with E-state index in [-0.39, 0.29) is 34.7 Å². The number of anilines is 1. The lowest BCUT2D eigenvalue weighted by Crippen LogP contribution is -2.42. The normalized spacial score (nSPS) is 20.3. The van der Waals surface area contributed by atoms with E-state index in [4.69, 9.17) is 4.74 Å². The third-order valence-electron chi connectivity index (χ3n) is 7.52. The first-order chi connectivity index (χ1) is 18.3. The van der Waals surface area contributed by atoms with Crippen molar-refractivity contribution in [3.63, 3.8) is 0 Å². The number of ether oxygens (including phenoxy) is 1. The minimum atomic E-state index is -0.526. The quantitative estimate of drug-likeness (QED) is 0.408. The third kappa shape index (κ3) is 5.57. The molecule has 6 nitrogen and oxygen atoms in total. The fourth-order valence-corrected chi connectivity index (χ4v) is 6.44. The molecule has 0 atom stereocenters. The fraction of sp³-hybridized carbons (Fsp3) is 0.387. The predicted octanol–water partition coefficient (Wildman–Crippen LogP) is 6.58. The molecule has 0 saturated carbocycles. The van der Waals surface area contributed by atoms with Crippen molar-refractivity contribution in [3.8, 4) is 5.75 Å². The molecule has 0 bridgehead atoms. The monoisotopic (exact) mass is 594 g/mol. The van der Waals surface area contributed by atoms with Crippen LogP contribution in [0.3, 0.4) is 0 Å². The maximum absolute atomic E-state index is 13.9. The number of carbonyl (C=O) groups excluding carboxylic acids is 3. The van der Waals surface area contributed by atoms with Gasteiger partial charge in [-0.1, -0.05) is 45.9 Å². The van der Waals surface area contributed by atoms with Gasteiger partial charge in [0, 0.05) is 41.3 Å². The predicted molar refractivity (Wildman–Crippen MR) is 151 cm³/mol. The summed E-state index contributed by atoms with van der Waals surface area (Å²) < 4.78 is 20.2. The van der Waals surface area contributed by atoms with Crippen LogP contribution in [0.4, 0.5) is 10.1 Å². The van der Waals surface area contributed by atoms with Gasteiger partial charge in [-0.25, -0.2) is 4.39 Å². The Bertz CT molecular complexity index is 1400. The van der Waals surface area contributed by atoms with Gasteiger partial charge in [0.05, 0.1) is 10.2 Å². The second-order valence-corrected chi connectivity index (χ2v) is 13.1. The molecule has 2 aromatic rings. The van der Waals surface area contributed by atoms with Crippen molar-refractivity contribution in [1.29, 1.82) is 0 Å². The number of benzene rings is 2. The van der Waals surface area contributed by atoms with Crippen molar-refractivity contribution in [2.45, 2.75) is 59.3 Å². The number of rotatable bonds is 5. The minimum absolute atomic E-state index is 0.0594. The van der Waals surface area contributed by atoms with Gasteiger partial charge in [0.1, 0.15) is 11.6 Å². The molecule has 0 fully saturated rings. The van der Waals surface area contributed by atoms with Crippen LogP contribution < -0.4 is 15.4 Å². The Balaban J connectivity index is 1.44. The van der Waals surface area contributed by atoms with E-state index in [1.54, 1.807) is 18.2 Å². The van der Waals surface area contributed by atoms with E-state index in [0.717, 1.165) is 29.8 Å². The summed E-state index contributed by atoms with van der Waals surface area (Å²) in [5, 5.41) is 6.02. The zero-order chi connectivity index (χ0) is 28.1. The summed E-state index contributed by atoms with van der Waals surface area (Å²) >= 11 is 3.55. The molecular formula is C31H32BrFN2O4. The van der Waals surface area contributed by atoms with Crippen LogP contribution in [0.1, 0.15) is 64.9 Å². The van der Waals surface area contributed by atoms with E-state index in [0.29, 0.717) is 34.2 Å². The molecule has 204 valence electrons. The molecule has 2 aliphatic carbocycles. The van der Waals surface area contributed by atoms with E-state index in [2.05, 4.69) is 54.3 Å². The highest BCUT2D eigenvalue weighted by molar-refractivity contribution is 9.10. The summed E-state index contributed by atoms with van der Waals surface area (Å²) in [6, 6.07) is 11.4. The van der Waals surface area contributed by atoms with Crippen molar-refractivity contribution in [3.05, 3.63) is 80.9 Å². The van der Waals surface area contributed by atoms with Gasteiger partial charge in [0.2, 0.25) is 0 Å². The van der Waals surface area contributed by atoms with Crippen LogP contribution in [0.2, 0.25) is 0 Å². The Morgan fingerprint density at radius 3 is 2.13 bits per heavy atom. The summed E-state index contributed by atoms with van der Waals surface area (Å²) in [6.45, 7) is 8.06. The van der Waals surface area contributed by atoms with E-state index in [1.807, 2.05) is 12.1 Å². The molecule has 39 heavy (non-hydrogen) atoms. The first kappa shape index (κ1) is 27.3. The maximum atomic E-state index is 13.9. The number of Topliss-reactive ketones (excluding diaryl/α,β-unsaturated/α-hetero) is 2. The summed E-state index contributed by atoms with van der Waals surface area (Å²) in [4.78, 5) is 39.3. The maximum Gasteiger partial charge on any atom is 0.262 e. The molecule has 0 spiro atoms. The molecule has 1 heterocycles. The molecule has 1 amide bonds. The number of hydrogen-bond donors (Lipinski definition) is 2. The highest BCUT2D eigenvalue weighted by Gasteiger charge is 2.46. The lowest BCUT2D eigenvalue weighted by Gasteiger charge is -2.44. The highest BCUT2D eigenvalue weighted by atomic mass is 79.9. The van der Waals surface area contributed by atoms with Crippen molar-refractivity contribution >= 4 is 39.1 Å². The second-order valence-electron chi connectivity index (χ2n) is 12.2. The number of para-hydroxylation sites is 1. The smallest absolute Gasteiger partial charge is 0.262 e. The Morgan fingerprint density at radius 2 is 1.56 bits per heavy atom. The number of hydrogen-bond acceptors (Lipinski definition) is 5. The van der Waals surface area contributed by atoms with E-state index < -0.39 is 17.6 Å². The Kier molecular flexibility index (Phi) is 7.04. The molecule has 2 aromatic carbocycles. The van der Waals surface area contributed by atoms with Crippen molar-refractivity contribution in [1.82, 2.24) is 5.32 Å². The van der Waals surface area contributed by atoms with Crippen molar-refractivity contribution in [2.75, 3.05) is 11.9 Å². The Hall–Kier alpha value is -3.26. The van der Waals surface area contributed by atoms with Gasteiger partial charge in [-0.3, -0.25) is 14.4 Å². The Morgan fingerprint density at radius 1 is 0.974 bits per heavy atom. The summed E-state index contributed by atoms with van der Waals surface area (Å²) in [5.74, 6) is -0.939. The molecule has 0 aromatic heterocycles. The first-order valence-corrected chi connectivity index (χ1v) is 13.9. The van der Waals surface area contributed by atoms with E-state index in [9.17, 15) is 18.8 Å². The zero-order valence-electron chi connectivity index (χ0n) is 22.5. The second kappa shape index (κ2) is 10.0. The number of ketones is 2. The third-order valence-corrected chi connectivity index (χ3v) is 8.13. The molecule has 0 saturated heterocycles. The first-order valence-electron chi connectivity index (χ1n) is 13.1. The van der Waals surface area contributed by atoms with Crippen molar-refractivity contribution < 1.29 is 23.5 Å². The summed E-state index contributed by atoms with van der Waals surface area (Å²) in [7, 11) is 0. The van der Waals surface area contributed by atoms with Crippen LogP contribution in [0, 0.1) is 16.6 Å². The fourth-order valence-electron chi connectivity index (χ4n) is 5.93. The van der Waals surface area contributed by atoms with Crippen LogP contribution in [-0.2, 0) is 14.4 Å². The standard InChI is InChI=1S/C31H32BrFN2O4/c1-30(2)12-21-28(23(36)14-30)27(29-22(34-21)13-31(3,4)15-24(29)37)17-9-10-25(18(32)11-17)39-16-26(38)35-20-8-6-5-7-19(20)33/h5-11,27,34H,12-16H2,1-4H3,(H,35,38). The van der Waals surface area contributed by atoms with Crippen LogP contribution in [0.25, 0.3) is 0 Å². The van der Waals surface area contributed by atoms with Crippen LogP contribution in [-0.4, -0.2) is 24.1 Å². The number of nitrogens with one attached hydrogen (secondary N) is 2. The largest absolute Gasteiger partial charge is 0.483 e. The number of amides is 1. The highest BCUT2D eigenvalue weighted by Crippen LogP contribution is 2.51. The molecule has 1 aliphatic heterocycles. The van der Waals surface area contributed by atoms with Gasteiger partial charge >= 0.3 is 0 Å². The molecule has 0 radical (unpaired) electrons. The SMILES string of the molecule is CC1(C)CC(=O)C2=C(C1)NC1=C(C(=O)CC(C)(C)C1)C2c1ccc(OCC(=O)Nc2ccccc2F)c(Br)c1. The van der Waals surface area contributed by atoms with Gasteiger partial charge in [-0.05, 0) is 69.4 Å². The molecule has 8 heteroatoms. The zero-order valence-corrected chi connectivity index (χ0v) is 24.1. The topological polar surface area (TPSA) is 84.5 Å². The number of dihydropyridines is 1. The van der Waals surface area contributed by atoms with Gasteiger partial charge in [-0.15, -0.1) is 0 Å². The average Bonchev–Trinajstić information content (AvgIpc) is 2.82. The van der Waals surface area contributed by atoms with Crippen LogP contribution >= 0.6 is 15.9 Å². The molecule has 5 rings (SSSR count). The number of allylic oxidation sites excluding steroid dienone is 4. The summed E-state index contributed by atoms with van der Waals surface area (Å²) in [5.41, 5.74) is 3.73. The molecule has 2 N–H and O–H groups in total. The lowest BCUT2D eigenvalue weighted by atomic mass is 9.64.